The van der Waals surface area contributed by atoms with Crippen LogP contribution in [0.4, 0.5) is 4.39 Å². The lowest BCUT2D eigenvalue weighted by molar-refractivity contribution is -0.131. The number of hydrogen-bond acceptors (Lipinski definition) is 3. The minimum Gasteiger partial charge on any atom is -0.343 e. The van der Waals surface area contributed by atoms with Gasteiger partial charge in [-0.2, -0.15) is 16.9 Å². The van der Waals surface area contributed by atoms with E-state index in [4.69, 9.17) is 0 Å². The second-order valence-corrected chi connectivity index (χ2v) is 7.20. The second kappa shape index (κ2) is 8.33. The van der Waals surface area contributed by atoms with Crippen LogP contribution in [0.1, 0.15) is 36.4 Å². The van der Waals surface area contributed by atoms with E-state index in [1.165, 1.54) is 17.8 Å². The van der Waals surface area contributed by atoms with E-state index in [2.05, 4.69) is 10.2 Å². The number of benzene rings is 1. The molecular weight excluding hydrogens is 325 g/mol. The maximum atomic E-state index is 12.8. The number of carbonyl (C=O) groups is 1. The molecule has 0 unspecified atom stereocenters. The van der Waals surface area contributed by atoms with Crippen LogP contribution in [-0.2, 0) is 10.5 Å². The van der Waals surface area contributed by atoms with Gasteiger partial charge in [0.05, 0.1) is 0 Å². The smallest absolute Gasteiger partial charge is 0.223 e. The van der Waals surface area contributed by atoms with Gasteiger partial charge >= 0.3 is 0 Å². The van der Waals surface area contributed by atoms with Crippen LogP contribution >= 0.6 is 11.8 Å². The molecule has 6 heteroatoms. The molecule has 1 aliphatic heterocycles. The molecule has 1 aliphatic rings. The van der Waals surface area contributed by atoms with Crippen molar-refractivity contribution in [3.63, 3.8) is 0 Å². The average molecular weight is 347 g/mol. The highest BCUT2D eigenvalue weighted by atomic mass is 32.2. The fraction of sp³-hybridized carbons (Fsp3) is 0.444. The molecule has 1 fully saturated rings. The molecule has 0 spiro atoms. The standard InChI is InChI=1S/C18H22FN3OS/c19-16-3-1-14(2-4-16)13-24-12-8-18(23)22-10-6-15(7-11-22)17-5-9-20-21-17/h1-5,9,15H,6-8,10-13H2,(H,20,21). The van der Waals surface area contributed by atoms with Crippen LogP contribution in [0.5, 0.6) is 0 Å². The first-order valence-corrected chi connectivity index (χ1v) is 9.47. The summed E-state index contributed by atoms with van der Waals surface area (Å²) < 4.78 is 12.8. The van der Waals surface area contributed by atoms with E-state index in [9.17, 15) is 9.18 Å². The topological polar surface area (TPSA) is 49.0 Å². The molecule has 24 heavy (non-hydrogen) atoms. The number of hydrogen-bond donors (Lipinski definition) is 1. The van der Waals surface area contributed by atoms with Crippen LogP contribution in [0.25, 0.3) is 0 Å². The molecule has 128 valence electrons. The van der Waals surface area contributed by atoms with E-state index in [0.717, 1.165) is 43.0 Å². The first kappa shape index (κ1) is 17.0. The van der Waals surface area contributed by atoms with Crippen molar-refractivity contribution < 1.29 is 9.18 Å². The molecule has 2 heterocycles. The van der Waals surface area contributed by atoms with Gasteiger partial charge < -0.3 is 4.90 Å². The van der Waals surface area contributed by atoms with Crippen molar-refractivity contribution in [1.82, 2.24) is 15.1 Å². The number of thioether (sulfide) groups is 1. The predicted molar refractivity (Wildman–Crippen MR) is 94.3 cm³/mol. The molecule has 2 aromatic rings. The van der Waals surface area contributed by atoms with Gasteiger partial charge in [0.25, 0.3) is 0 Å². The molecule has 0 radical (unpaired) electrons. The fourth-order valence-corrected chi connectivity index (χ4v) is 3.91. The summed E-state index contributed by atoms with van der Waals surface area (Å²) >= 11 is 1.72. The maximum Gasteiger partial charge on any atom is 0.223 e. The third kappa shape index (κ3) is 4.60. The Morgan fingerprint density at radius 2 is 2.00 bits per heavy atom. The maximum absolute atomic E-state index is 12.8. The molecule has 0 aliphatic carbocycles. The average Bonchev–Trinajstić information content (AvgIpc) is 3.15. The van der Waals surface area contributed by atoms with Crippen LogP contribution in [0, 0.1) is 5.82 Å². The van der Waals surface area contributed by atoms with Gasteiger partial charge in [0.1, 0.15) is 5.82 Å². The first-order valence-electron chi connectivity index (χ1n) is 8.31. The Morgan fingerprint density at radius 3 is 2.67 bits per heavy atom. The lowest BCUT2D eigenvalue weighted by Crippen LogP contribution is -2.38. The van der Waals surface area contributed by atoms with Crippen molar-refractivity contribution in [2.75, 3.05) is 18.8 Å². The van der Waals surface area contributed by atoms with Gasteiger partial charge in [-0.3, -0.25) is 9.89 Å². The Kier molecular flexibility index (Phi) is 5.91. The van der Waals surface area contributed by atoms with E-state index in [-0.39, 0.29) is 11.7 Å². The van der Waals surface area contributed by atoms with Crippen molar-refractivity contribution >= 4 is 17.7 Å². The number of nitrogens with zero attached hydrogens (tertiary/aromatic N) is 2. The number of aromatic nitrogens is 2. The Hall–Kier alpha value is -1.82. The third-order valence-electron chi connectivity index (χ3n) is 4.45. The van der Waals surface area contributed by atoms with Crippen molar-refractivity contribution in [3.8, 4) is 0 Å². The van der Waals surface area contributed by atoms with Crippen LogP contribution < -0.4 is 0 Å². The van der Waals surface area contributed by atoms with E-state index < -0.39 is 0 Å². The van der Waals surface area contributed by atoms with Crippen molar-refractivity contribution in [2.45, 2.75) is 30.9 Å². The van der Waals surface area contributed by atoms with E-state index in [1.807, 2.05) is 11.0 Å². The Morgan fingerprint density at radius 1 is 1.25 bits per heavy atom. The molecule has 0 bridgehead atoms. The van der Waals surface area contributed by atoms with Crippen LogP contribution in [-0.4, -0.2) is 39.8 Å². The number of H-pyrrole nitrogens is 1. The zero-order valence-electron chi connectivity index (χ0n) is 13.6. The summed E-state index contributed by atoms with van der Waals surface area (Å²) in [6.07, 6.45) is 4.35. The van der Waals surface area contributed by atoms with Gasteiger partial charge in [-0.15, -0.1) is 0 Å². The van der Waals surface area contributed by atoms with E-state index >= 15 is 0 Å². The Labute approximate surface area is 145 Å². The second-order valence-electron chi connectivity index (χ2n) is 6.10. The molecule has 3 rings (SSSR count). The lowest BCUT2D eigenvalue weighted by atomic mass is 9.93. The van der Waals surface area contributed by atoms with Gasteiger partial charge in [-0.1, -0.05) is 12.1 Å². The van der Waals surface area contributed by atoms with Crippen molar-refractivity contribution in [3.05, 3.63) is 53.6 Å². The number of aromatic amines is 1. The molecule has 0 saturated carbocycles. The largest absolute Gasteiger partial charge is 0.343 e. The number of rotatable bonds is 6. The summed E-state index contributed by atoms with van der Waals surface area (Å²) in [6, 6.07) is 8.57. The highest BCUT2D eigenvalue weighted by Crippen LogP contribution is 2.26. The van der Waals surface area contributed by atoms with Crippen LogP contribution in [0.2, 0.25) is 0 Å². The molecule has 0 atom stereocenters. The van der Waals surface area contributed by atoms with Crippen molar-refractivity contribution in [1.29, 1.82) is 0 Å². The first-order chi connectivity index (χ1) is 11.7. The number of piperidine rings is 1. The number of halogens is 1. The zero-order valence-corrected chi connectivity index (χ0v) is 14.4. The minimum absolute atomic E-state index is 0.211. The van der Waals surface area contributed by atoms with Crippen LogP contribution in [0.3, 0.4) is 0 Å². The monoisotopic (exact) mass is 347 g/mol. The quantitative estimate of drug-likeness (QED) is 0.813. The zero-order chi connectivity index (χ0) is 16.8. The summed E-state index contributed by atoms with van der Waals surface area (Å²) in [5.41, 5.74) is 2.27. The molecular formula is C18H22FN3OS. The molecule has 4 nitrogen and oxygen atoms in total. The summed E-state index contributed by atoms with van der Waals surface area (Å²) in [6.45, 7) is 1.65. The van der Waals surface area contributed by atoms with Crippen molar-refractivity contribution in [2.24, 2.45) is 0 Å². The van der Waals surface area contributed by atoms with E-state index in [0.29, 0.717) is 12.3 Å². The SMILES string of the molecule is O=C(CCSCc1ccc(F)cc1)N1CCC(c2ccn[nH]2)CC1. The third-order valence-corrected chi connectivity index (χ3v) is 5.48. The van der Waals surface area contributed by atoms with Crippen LogP contribution in [0.15, 0.2) is 36.5 Å². The van der Waals surface area contributed by atoms with E-state index in [1.54, 1.807) is 30.1 Å². The predicted octanol–water partition coefficient (Wildman–Crippen LogP) is 3.58. The van der Waals surface area contributed by atoms with Gasteiger partial charge in [0.2, 0.25) is 5.91 Å². The lowest BCUT2D eigenvalue weighted by Gasteiger charge is -2.31. The molecule has 1 aromatic carbocycles. The Balaban J connectivity index is 1.35. The van der Waals surface area contributed by atoms with Gasteiger partial charge in [0, 0.05) is 48.8 Å². The highest BCUT2D eigenvalue weighted by Gasteiger charge is 2.24. The fourth-order valence-electron chi connectivity index (χ4n) is 3.02. The molecule has 1 N–H and O–H groups in total. The summed E-state index contributed by atoms with van der Waals surface area (Å²) in [4.78, 5) is 14.3. The minimum atomic E-state index is -0.211. The molecule has 1 aromatic heterocycles. The number of amides is 1. The summed E-state index contributed by atoms with van der Waals surface area (Å²) in [5, 5.41) is 7.03. The van der Waals surface area contributed by atoms with Gasteiger partial charge in [0.15, 0.2) is 0 Å². The summed E-state index contributed by atoms with van der Waals surface area (Å²) in [7, 11) is 0. The van der Waals surface area contributed by atoms with Gasteiger partial charge in [-0.05, 0) is 36.6 Å². The number of carbonyl (C=O) groups excluding carboxylic acids is 1. The highest BCUT2D eigenvalue weighted by molar-refractivity contribution is 7.98. The molecule has 1 saturated heterocycles. The normalized spacial score (nSPS) is 15.6. The Bertz CT molecular complexity index is 637. The number of likely N-dealkylation sites (tertiary alicyclic amines) is 1. The number of nitrogens with one attached hydrogen (secondary N) is 1. The summed E-state index contributed by atoms with van der Waals surface area (Å²) in [5.74, 6) is 2.14. The van der Waals surface area contributed by atoms with Gasteiger partial charge in [-0.25, -0.2) is 4.39 Å². The molecule has 1 amide bonds.